The van der Waals surface area contributed by atoms with Crippen LogP contribution >= 0.6 is 0 Å². The zero-order valence-electron chi connectivity index (χ0n) is 13.6. The van der Waals surface area contributed by atoms with Crippen molar-refractivity contribution in [2.45, 2.75) is 32.1 Å². The van der Waals surface area contributed by atoms with E-state index >= 15 is 0 Å². The molecule has 0 aliphatic heterocycles. The minimum Gasteiger partial charge on any atom is -0.494 e. The number of unbranched alkanes of at least 4 members (excludes halogenated alkanes) is 1. The molecule has 0 saturated heterocycles. The van der Waals surface area contributed by atoms with Gasteiger partial charge >= 0.3 is 0 Å². The second kappa shape index (κ2) is 9.53. The Labute approximate surface area is 138 Å². The predicted molar refractivity (Wildman–Crippen MR) is 91.8 cm³/mol. The molecule has 0 bridgehead atoms. The van der Waals surface area contributed by atoms with E-state index < -0.39 is 0 Å². The number of nitrogens with zero attached hydrogens (tertiary/aromatic N) is 1. The second-order valence-electron chi connectivity index (χ2n) is 5.34. The summed E-state index contributed by atoms with van der Waals surface area (Å²) >= 11 is 0. The van der Waals surface area contributed by atoms with Crippen molar-refractivity contribution in [3.05, 3.63) is 60.2 Å². The van der Waals surface area contributed by atoms with Gasteiger partial charge in [0.15, 0.2) is 0 Å². The van der Waals surface area contributed by atoms with Gasteiger partial charge in [-0.05, 0) is 56.0 Å². The molecule has 3 heteroatoms. The first kappa shape index (κ1) is 16.9. The first-order valence-electron chi connectivity index (χ1n) is 8.13. The smallest absolute Gasteiger partial charge is 0.119 e. The summed E-state index contributed by atoms with van der Waals surface area (Å²) in [5.41, 5.74) is 1.06. The van der Waals surface area contributed by atoms with Crippen molar-refractivity contribution < 1.29 is 9.47 Å². The topological polar surface area (TPSA) is 42.2 Å². The minimum absolute atomic E-state index is 0.0672. The molecule has 0 N–H and O–H groups in total. The van der Waals surface area contributed by atoms with E-state index in [0.29, 0.717) is 13.2 Å². The molecule has 0 fully saturated rings. The van der Waals surface area contributed by atoms with Gasteiger partial charge in [-0.25, -0.2) is 0 Å². The maximum atomic E-state index is 9.37. The molecule has 0 saturated carbocycles. The Morgan fingerprint density at radius 1 is 0.913 bits per heavy atom. The van der Waals surface area contributed by atoms with Gasteiger partial charge in [-0.3, -0.25) is 0 Å². The van der Waals surface area contributed by atoms with E-state index in [9.17, 15) is 5.26 Å². The number of rotatable bonds is 9. The average molecular weight is 309 g/mol. The fourth-order valence-electron chi connectivity index (χ4n) is 2.43. The molecule has 0 aromatic heterocycles. The van der Waals surface area contributed by atoms with Crippen LogP contribution in [0.2, 0.25) is 0 Å². The van der Waals surface area contributed by atoms with E-state index in [2.05, 4.69) is 6.07 Å². The van der Waals surface area contributed by atoms with Crippen molar-refractivity contribution in [2.24, 2.45) is 0 Å². The van der Waals surface area contributed by atoms with Crippen molar-refractivity contribution in [2.75, 3.05) is 13.2 Å². The number of para-hydroxylation sites is 1. The number of hydrogen-bond acceptors (Lipinski definition) is 3. The van der Waals surface area contributed by atoms with Crippen molar-refractivity contribution >= 4 is 0 Å². The molecule has 0 heterocycles. The Morgan fingerprint density at radius 2 is 1.61 bits per heavy atom. The Morgan fingerprint density at radius 3 is 2.26 bits per heavy atom. The third-order valence-corrected chi connectivity index (χ3v) is 3.65. The predicted octanol–water partition coefficient (Wildman–Crippen LogP) is 4.94. The van der Waals surface area contributed by atoms with Crippen LogP contribution in [0, 0.1) is 11.3 Å². The summed E-state index contributed by atoms with van der Waals surface area (Å²) in [6.45, 7) is 3.30. The lowest BCUT2D eigenvalue weighted by Crippen LogP contribution is -2.00. The molecule has 0 spiro atoms. The molecule has 0 radical (unpaired) electrons. The first-order valence-corrected chi connectivity index (χ1v) is 8.13. The molecular weight excluding hydrogens is 286 g/mol. The molecular formula is C20H23NO2. The van der Waals surface area contributed by atoms with Gasteiger partial charge in [0.2, 0.25) is 0 Å². The van der Waals surface area contributed by atoms with Crippen LogP contribution in [0.5, 0.6) is 11.5 Å². The molecule has 0 amide bonds. The monoisotopic (exact) mass is 309 g/mol. The fourth-order valence-corrected chi connectivity index (χ4v) is 2.43. The quantitative estimate of drug-likeness (QED) is 0.616. The summed E-state index contributed by atoms with van der Waals surface area (Å²) in [7, 11) is 0. The van der Waals surface area contributed by atoms with E-state index in [4.69, 9.17) is 9.47 Å². The summed E-state index contributed by atoms with van der Waals surface area (Å²) in [6, 6.07) is 20.0. The first-order chi connectivity index (χ1) is 11.3. The van der Waals surface area contributed by atoms with Gasteiger partial charge in [-0.2, -0.15) is 5.26 Å². The zero-order valence-corrected chi connectivity index (χ0v) is 13.6. The lowest BCUT2D eigenvalue weighted by molar-refractivity contribution is 0.304. The summed E-state index contributed by atoms with van der Waals surface area (Å²) < 4.78 is 11.1. The van der Waals surface area contributed by atoms with Crippen LogP contribution in [0.3, 0.4) is 0 Å². The number of benzene rings is 2. The van der Waals surface area contributed by atoms with Crippen molar-refractivity contribution in [3.63, 3.8) is 0 Å². The summed E-state index contributed by atoms with van der Waals surface area (Å²) in [6.07, 6.45) is 2.77. The third-order valence-electron chi connectivity index (χ3n) is 3.65. The largest absolute Gasteiger partial charge is 0.494 e. The molecule has 1 unspecified atom stereocenters. The number of hydrogen-bond donors (Lipinski definition) is 0. The molecule has 3 nitrogen and oxygen atoms in total. The van der Waals surface area contributed by atoms with Gasteiger partial charge < -0.3 is 9.47 Å². The number of ether oxygens (including phenoxy) is 2. The highest BCUT2D eigenvalue weighted by molar-refractivity contribution is 5.32. The van der Waals surface area contributed by atoms with E-state index in [-0.39, 0.29) is 5.92 Å². The van der Waals surface area contributed by atoms with E-state index in [1.165, 1.54) is 0 Å². The normalized spacial score (nSPS) is 11.5. The van der Waals surface area contributed by atoms with E-state index in [1.54, 1.807) is 0 Å². The van der Waals surface area contributed by atoms with Gasteiger partial charge in [0.05, 0.1) is 25.2 Å². The van der Waals surface area contributed by atoms with Gasteiger partial charge in [0, 0.05) is 0 Å². The zero-order chi connectivity index (χ0) is 16.3. The van der Waals surface area contributed by atoms with Crippen LogP contribution in [0.15, 0.2) is 54.6 Å². The lowest BCUT2D eigenvalue weighted by atomic mass is 9.95. The standard InChI is InChI=1S/C20H23NO2/c1-2-22-20-13-11-17(12-14-20)18(16-21)8-6-7-15-23-19-9-4-3-5-10-19/h3-5,9-14,18H,2,6-8,15H2,1H3. The van der Waals surface area contributed by atoms with E-state index in [1.807, 2.05) is 61.5 Å². The van der Waals surface area contributed by atoms with Gasteiger partial charge in [-0.1, -0.05) is 30.3 Å². The highest BCUT2D eigenvalue weighted by Crippen LogP contribution is 2.24. The highest BCUT2D eigenvalue weighted by atomic mass is 16.5. The van der Waals surface area contributed by atoms with Crippen LogP contribution in [-0.4, -0.2) is 13.2 Å². The van der Waals surface area contributed by atoms with Crippen molar-refractivity contribution in [3.8, 4) is 17.6 Å². The summed E-state index contributed by atoms with van der Waals surface area (Å²) in [4.78, 5) is 0. The molecule has 120 valence electrons. The molecule has 2 aromatic rings. The highest BCUT2D eigenvalue weighted by Gasteiger charge is 2.10. The average Bonchev–Trinajstić information content (AvgIpc) is 2.60. The Hall–Kier alpha value is -2.47. The second-order valence-corrected chi connectivity index (χ2v) is 5.34. The molecule has 1 atom stereocenters. The molecule has 0 aliphatic carbocycles. The number of nitriles is 1. The molecule has 23 heavy (non-hydrogen) atoms. The molecule has 0 aliphatic rings. The third kappa shape index (κ3) is 5.67. The van der Waals surface area contributed by atoms with Gasteiger partial charge in [-0.15, -0.1) is 0 Å². The Bertz CT molecular complexity index is 602. The van der Waals surface area contributed by atoms with Gasteiger partial charge in [0.1, 0.15) is 11.5 Å². The van der Waals surface area contributed by atoms with Crippen molar-refractivity contribution in [1.29, 1.82) is 5.26 Å². The lowest BCUT2D eigenvalue weighted by Gasteiger charge is -2.11. The minimum atomic E-state index is -0.0672. The SMILES string of the molecule is CCOc1ccc(C(C#N)CCCCOc2ccccc2)cc1. The molecule has 2 aromatic carbocycles. The van der Waals surface area contributed by atoms with Crippen LogP contribution in [-0.2, 0) is 0 Å². The van der Waals surface area contributed by atoms with Crippen LogP contribution < -0.4 is 9.47 Å². The van der Waals surface area contributed by atoms with Crippen LogP contribution in [0.4, 0.5) is 0 Å². The van der Waals surface area contributed by atoms with Gasteiger partial charge in [0.25, 0.3) is 0 Å². The maximum Gasteiger partial charge on any atom is 0.119 e. The fraction of sp³-hybridized carbons (Fsp3) is 0.350. The summed E-state index contributed by atoms with van der Waals surface area (Å²) in [5.74, 6) is 1.68. The van der Waals surface area contributed by atoms with Crippen molar-refractivity contribution in [1.82, 2.24) is 0 Å². The summed E-state index contributed by atoms with van der Waals surface area (Å²) in [5, 5.41) is 9.37. The van der Waals surface area contributed by atoms with Crippen LogP contribution in [0.1, 0.15) is 37.7 Å². The molecule has 2 rings (SSSR count). The Kier molecular flexibility index (Phi) is 7.00. The van der Waals surface area contributed by atoms with E-state index in [0.717, 1.165) is 36.3 Å². The maximum absolute atomic E-state index is 9.37. The van der Waals surface area contributed by atoms with Crippen LogP contribution in [0.25, 0.3) is 0 Å². The Balaban J connectivity index is 1.73.